The molecule has 0 aliphatic carbocycles. The van der Waals surface area contributed by atoms with Crippen LogP contribution in [0.5, 0.6) is 0 Å². The summed E-state index contributed by atoms with van der Waals surface area (Å²) in [6, 6.07) is 9.43. The SMILES string of the molecule is CCNC(=NCC(=O)Nc1ccccc1)NCC1CCCS1. The lowest BCUT2D eigenvalue weighted by Gasteiger charge is -2.14. The molecule has 1 fully saturated rings. The van der Waals surface area contributed by atoms with Gasteiger partial charge >= 0.3 is 0 Å². The minimum Gasteiger partial charge on any atom is -0.357 e. The van der Waals surface area contributed by atoms with Gasteiger partial charge in [-0.25, -0.2) is 4.99 Å². The standard InChI is InChI=1S/C16H24N4OS/c1-2-17-16(18-11-14-9-6-10-22-14)19-12-15(21)20-13-7-4-3-5-8-13/h3-5,7-8,14H,2,6,9-12H2,1H3,(H,20,21)(H2,17,18,19). The highest BCUT2D eigenvalue weighted by atomic mass is 32.2. The topological polar surface area (TPSA) is 65.5 Å². The number of para-hydroxylation sites is 1. The molecule has 0 spiro atoms. The highest BCUT2D eigenvalue weighted by Gasteiger charge is 2.15. The van der Waals surface area contributed by atoms with E-state index >= 15 is 0 Å². The molecule has 1 atom stereocenters. The fourth-order valence-corrected chi connectivity index (χ4v) is 3.43. The fraction of sp³-hybridized carbons (Fsp3) is 0.500. The number of carbonyl (C=O) groups is 1. The summed E-state index contributed by atoms with van der Waals surface area (Å²) in [5.41, 5.74) is 0.794. The smallest absolute Gasteiger partial charge is 0.246 e. The molecule has 6 heteroatoms. The van der Waals surface area contributed by atoms with Crippen molar-refractivity contribution in [3.63, 3.8) is 0 Å². The molecule has 120 valence electrons. The summed E-state index contributed by atoms with van der Waals surface area (Å²) in [5, 5.41) is 9.98. The number of aliphatic imine (C=N–C) groups is 1. The molecule has 1 amide bonds. The van der Waals surface area contributed by atoms with Crippen molar-refractivity contribution in [2.45, 2.75) is 25.0 Å². The largest absolute Gasteiger partial charge is 0.357 e. The van der Waals surface area contributed by atoms with Crippen molar-refractivity contribution < 1.29 is 4.79 Å². The Bertz CT molecular complexity index is 486. The van der Waals surface area contributed by atoms with Crippen molar-refractivity contribution in [1.82, 2.24) is 10.6 Å². The normalized spacial score (nSPS) is 18.0. The van der Waals surface area contributed by atoms with E-state index in [1.165, 1.54) is 18.6 Å². The van der Waals surface area contributed by atoms with Gasteiger partial charge in [-0.15, -0.1) is 0 Å². The van der Waals surface area contributed by atoms with E-state index in [1.807, 2.05) is 49.0 Å². The molecule has 2 rings (SSSR count). The van der Waals surface area contributed by atoms with Crippen LogP contribution in [0.4, 0.5) is 5.69 Å². The Labute approximate surface area is 136 Å². The van der Waals surface area contributed by atoms with E-state index in [4.69, 9.17) is 0 Å². The molecule has 1 heterocycles. The zero-order chi connectivity index (χ0) is 15.6. The number of rotatable bonds is 6. The number of nitrogens with one attached hydrogen (secondary N) is 3. The lowest BCUT2D eigenvalue weighted by Crippen LogP contribution is -2.40. The van der Waals surface area contributed by atoms with Crippen LogP contribution in [0, 0.1) is 0 Å². The van der Waals surface area contributed by atoms with E-state index in [0.29, 0.717) is 11.2 Å². The second kappa shape index (κ2) is 9.35. The van der Waals surface area contributed by atoms with Crippen molar-refractivity contribution in [3.8, 4) is 0 Å². The Morgan fingerprint density at radius 2 is 2.14 bits per heavy atom. The number of thioether (sulfide) groups is 1. The van der Waals surface area contributed by atoms with E-state index in [9.17, 15) is 4.79 Å². The number of nitrogens with zero attached hydrogens (tertiary/aromatic N) is 1. The maximum atomic E-state index is 11.9. The molecule has 0 bridgehead atoms. The van der Waals surface area contributed by atoms with Crippen molar-refractivity contribution in [3.05, 3.63) is 30.3 Å². The number of hydrogen-bond donors (Lipinski definition) is 3. The number of hydrogen-bond acceptors (Lipinski definition) is 3. The van der Waals surface area contributed by atoms with Gasteiger partial charge in [-0.1, -0.05) is 18.2 Å². The summed E-state index contributed by atoms with van der Waals surface area (Å²) in [4.78, 5) is 16.2. The molecule has 5 nitrogen and oxygen atoms in total. The Morgan fingerprint density at radius 1 is 1.32 bits per heavy atom. The minimum absolute atomic E-state index is 0.112. The molecular weight excluding hydrogens is 296 g/mol. The van der Waals surface area contributed by atoms with E-state index in [0.717, 1.165) is 18.8 Å². The lowest BCUT2D eigenvalue weighted by molar-refractivity contribution is -0.114. The first kappa shape index (κ1) is 16.7. The van der Waals surface area contributed by atoms with Crippen LogP contribution in [-0.4, -0.2) is 42.5 Å². The summed E-state index contributed by atoms with van der Waals surface area (Å²) in [6.07, 6.45) is 2.55. The van der Waals surface area contributed by atoms with Gasteiger partial charge in [0.1, 0.15) is 6.54 Å². The summed E-state index contributed by atoms with van der Waals surface area (Å²) in [5.74, 6) is 1.84. The van der Waals surface area contributed by atoms with Crippen LogP contribution in [-0.2, 0) is 4.79 Å². The number of guanidine groups is 1. The first-order valence-electron chi connectivity index (χ1n) is 7.76. The molecule has 1 aliphatic rings. The van der Waals surface area contributed by atoms with E-state index < -0.39 is 0 Å². The molecular formula is C16H24N4OS. The monoisotopic (exact) mass is 320 g/mol. The fourth-order valence-electron chi connectivity index (χ4n) is 2.23. The van der Waals surface area contributed by atoms with Crippen molar-refractivity contribution in [2.75, 3.05) is 30.7 Å². The molecule has 0 radical (unpaired) electrons. The Morgan fingerprint density at radius 3 is 2.82 bits per heavy atom. The Balaban J connectivity index is 1.79. The number of anilines is 1. The maximum Gasteiger partial charge on any atom is 0.246 e. The van der Waals surface area contributed by atoms with Crippen LogP contribution in [0.2, 0.25) is 0 Å². The predicted octanol–water partition coefficient (Wildman–Crippen LogP) is 2.08. The first-order valence-corrected chi connectivity index (χ1v) is 8.81. The third-order valence-electron chi connectivity index (χ3n) is 3.30. The van der Waals surface area contributed by atoms with Crippen molar-refractivity contribution in [2.24, 2.45) is 4.99 Å². The molecule has 3 N–H and O–H groups in total. The summed E-state index contributed by atoms with van der Waals surface area (Å²) >= 11 is 2.00. The predicted molar refractivity (Wildman–Crippen MR) is 94.5 cm³/mol. The quantitative estimate of drug-likeness (QED) is 0.555. The molecule has 0 saturated carbocycles. The highest BCUT2D eigenvalue weighted by molar-refractivity contribution is 8.00. The van der Waals surface area contributed by atoms with Crippen LogP contribution in [0.25, 0.3) is 0 Å². The number of benzene rings is 1. The van der Waals surface area contributed by atoms with Gasteiger partial charge in [0.05, 0.1) is 0 Å². The minimum atomic E-state index is -0.112. The summed E-state index contributed by atoms with van der Waals surface area (Å²) < 4.78 is 0. The van der Waals surface area contributed by atoms with Gasteiger partial charge in [0.2, 0.25) is 5.91 Å². The summed E-state index contributed by atoms with van der Waals surface area (Å²) in [6.45, 7) is 3.81. The van der Waals surface area contributed by atoms with Gasteiger partial charge in [0.15, 0.2) is 5.96 Å². The number of amides is 1. The zero-order valence-corrected chi connectivity index (χ0v) is 13.8. The second-order valence-corrected chi connectivity index (χ2v) is 6.53. The van der Waals surface area contributed by atoms with Crippen LogP contribution in [0.1, 0.15) is 19.8 Å². The third kappa shape index (κ3) is 5.97. The molecule has 1 aromatic rings. The highest BCUT2D eigenvalue weighted by Crippen LogP contribution is 2.25. The van der Waals surface area contributed by atoms with Gasteiger partial charge in [-0.05, 0) is 37.7 Å². The lowest BCUT2D eigenvalue weighted by atomic mass is 10.2. The second-order valence-electron chi connectivity index (χ2n) is 5.13. The average molecular weight is 320 g/mol. The maximum absolute atomic E-state index is 11.9. The van der Waals surface area contributed by atoms with Crippen LogP contribution < -0.4 is 16.0 Å². The van der Waals surface area contributed by atoms with Gasteiger partial charge in [-0.3, -0.25) is 4.79 Å². The average Bonchev–Trinajstić information content (AvgIpc) is 3.04. The zero-order valence-electron chi connectivity index (χ0n) is 13.0. The van der Waals surface area contributed by atoms with Gasteiger partial charge in [-0.2, -0.15) is 11.8 Å². The van der Waals surface area contributed by atoms with Gasteiger partial charge in [0, 0.05) is 24.0 Å². The van der Waals surface area contributed by atoms with Crippen LogP contribution in [0.15, 0.2) is 35.3 Å². The van der Waals surface area contributed by atoms with Crippen LogP contribution >= 0.6 is 11.8 Å². The number of carbonyl (C=O) groups excluding carboxylic acids is 1. The van der Waals surface area contributed by atoms with E-state index in [-0.39, 0.29) is 12.5 Å². The van der Waals surface area contributed by atoms with E-state index in [1.54, 1.807) is 0 Å². The van der Waals surface area contributed by atoms with Crippen LogP contribution in [0.3, 0.4) is 0 Å². The van der Waals surface area contributed by atoms with Crippen molar-refractivity contribution in [1.29, 1.82) is 0 Å². The molecule has 1 aromatic carbocycles. The van der Waals surface area contributed by atoms with Gasteiger partial charge in [0.25, 0.3) is 0 Å². The molecule has 1 aliphatic heterocycles. The third-order valence-corrected chi connectivity index (χ3v) is 4.70. The molecule has 1 saturated heterocycles. The van der Waals surface area contributed by atoms with Crippen molar-refractivity contribution >= 4 is 29.3 Å². The molecule has 0 aromatic heterocycles. The summed E-state index contributed by atoms with van der Waals surface area (Å²) in [7, 11) is 0. The Hall–Kier alpha value is -1.69. The Kier molecular flexibility index (Phi) is 7.09. The molecule has 1 unspecified atom stereocenters. The first-order chi connectivity index (χ1) is 10.8. The molecule has 22 heavy (non-hydrogen) atoms. The van der Waals surface area contributed by atoms with E-state index in [2.05, 4.69) is 20.9 Å². The van der Waals surface area contributed by atoms with Gasteiger partial charge < -0.3 is 16.0 Å².